The van der Waals surface area contributed by atoms with Crippen molar-refractivity contribution in [3.05, 3.63) is 65.3 Å². The Morgan fingerprint density at radius 3 is 2.50 bits per heavy atom. The van der Waals surface area contributed by atoms with Gasteiger partial charge in [-0.3, -0.25) is 0 Å². The lowest BCUT2D eigenvalue weighted by molar-refractivity contribution is -0.0848. The van der Waals surface area contributed by atoms with Crippen LogP contribution in [0, 0.1) is 17.3 Å². The van der Waals surface area contributed by atoms with Gasteiger partial charge >= 0.3 is 6.18 Å². The van der Waals surface area contributed by atoms with Crippen LogP contribution in [0.2, 0.25) is 0 Å². The summed E-state index contributed by atoms with van der Waals surface area (Å²) in [4.78, 5) is 4.48. The molecule has 1 aliphatic rings. The molecule has 0 spiro atoms. The molecule has 0 bridgehead atoms. The molecule has 0 unspecified atom stereocenters. The van der Waals surface area contributed by atoms with E-state index < -0.39 is 11.2 Å². The second-order valence-electron chi connectivity index (χ2n) is 7.05. The molecule has 6 heteroatoms. The van der Waals surface area contributed by atoms with Gasteiger partial charge in [-0.15, -0.1) is 0 Å². The third-order valence-electron chi connectivity index (χ3n) is 4.91. The van der Waals surface area contributed by atoms with E-state index in [0.29, 0.717) is 18.1 Å². The van der Waals surface area contributed by atoms with Crippen molar-refractivity contribution >= 4 is 11.6 Å². The highest BCUT2D eigenvalue weighted by molar-refractivity contribution is 6.30. The number of hydrogen-bond acceptors (Lipinski definition) is 2. The lowest BCUT2D eigenvalue weighted by atomic mass is 10.1. The first kappa shape index (κ1) is 18.8. The molecule has 2 nitrogen and oxygen atoms in total. The van der Waals surface area contributed by atoms with Gasteiger partial charge in [-0.05, 0) is 41.9 Å². The zero-order valence-electron chi connectivity index (χ0n) is 14.4. The Kier molecular flexibility index (Phi) is 5.02. The molecule has 1 fully saturated rings. The van der Waals surface area contributed by atoms with Gasteiger partial charge in [0.05, 0.1) is 0 Å². The fourth-order valence-corrected chi connectivity index (χ4v) is 3.36. The molecule has 0 N–H and O–H groups in total. The van der Waals surface area contributed by atoms with Crippen molar-refractivity contribution in [3.63, 3.8) is 0 Å². The fraction of sp³-hybridized carbons (Fsp3) is 0.350. The Bertz CT molecular complexity index is 802. The molecule has 1 saturated carbocycles. The molecule has 138 valence electrons. The van der Waals surface area contributed by atoms with Crippen LogP contribution in [0.15, 0.2) is 59.6 Å². The highest BCUT2D eigenvalue weighted by Gasteiger charge is 2.56. The summed E-state index contributed by atoms with van der Waals surface area (Å²) in [5.41, 5.74) is 0.541. The van der Waals surface area contributed by atoms with Crippen molar-refractivity contribution in [2.75, 3.05) is 0 Å². The van der Waals surface area contributed by atoms with Crippen LogP contribution in [0.5, 0.6) is 11.6 Å². The van der Waals surface area contributed by atoms with Crippen molar-refractivity contribution < 1.29 is 17.9 Å². The molecule has 1 aromatic heterocycles. The number of aromatic nitrogens is 1. The third-order valence-corrected chi connectivity index (χ3v) is 5.25. The van der Waals surface area contributed by atoms with Crippen LogP contribution in [0.4, 0.5) is 13.2 Å². The number of pyridine rings is 1. The number of para-hydroxylation sites is 1. The minimum absolute atomic E-state index is 0.0538. The monoisotopic (exact) mass is 381 g/mol. The van der Waals surface area contributed by atoms with E-state index in [2.05, 4.69) is 4.98 Å². The SMILES string of the molecule is CC1(C)[C@H](Cc2cccc(Oc3ccccc3)n2)[C@@H]1/C=C(\Cl)C(F)(F)F. The van der Waals surface area contributed by atoms with E-state index in [1.165, 1.54) is 0 Å². The molecule has 2 atom stereocenters. The van der Waals surface area contributed by atoms with E-state index in [1.807, 2.05) is 56.3 Å². The smallest absolute Gasteiger partial charge is 0.426 e. The van der Waals surface area contributed by atoms with E-state index >= 15 is 0 Å². The largest absolute Gasteiger partial charge is 0.439 e. The summed E-state index contributed by atoms with van der Waals surface area (Å²) in [5.74, 6) is 0.976. The molecule has 1 aromatic carbocycles. The Morgan fingerprint density at radius 1 is 1.15 bits per heavy atom. The second kappa shape index (κ2) is 6.95. The van der Waals surface area contributed by atoms with Gasteiger partial charge < -0.3 is 4.74 Å². The van der Waals surface area contributed by atoms with Gasteiger partial charge in [0.25, 0.3) is 0 Å². The van der Waals surface area contributed by atoms with Gasteiger partial charge in [0.1, 0.15) is 10.8 Å². The van der Waals surface area contributed by atoms with Crippen molar-refractivity contribution in [2.45, 2.75) is 26.4 Å². The molecule has 0 amide bonds. The number of rotatable bonds is 5. The van der Waals surface area contributed by atoms with Crippen LogP contribution in [-0.4, -0.2) is 11.2 Å². The van der Waals surface area contributed by atoms with E-state index in [4.69, 9.17) is 16.3 Å². The second-order valence-corrected chi connectivity index (χ2v) is 7.46. The summed E-state index contributed by atoms with van der Waals surface area (Å²) in [6, 6.07) is 14.7. The fourth-order valence-electron chi connectivity index (χ4n) is 3.22. The normalized spacial score (nSPS) is 22.2. The van der Waals surface area contributed by atoms with Crippen molar-refractivity contribution in [3.8, 4) is 11.6 Å². The standard InChI is InChI=1S/C20H19ClF3NO/c1-19(2)15(16(19)12-17(21)20(22,23)24)11-13-7-6-10-18(25-13)26-14-8-4-3-5-9-14/h3-10,12,15-16H,11H2,1-2H3/b17-12-/t15-,16+/m1/s1. The number of alkyl halides is 3. The Morgan fingerprint density at radius 2 is 1.85 bits per heavy atom. The maximum absolute atomic E-state index is 12.7. The molecule has 2 aromatic rings. The van der Waals surface area contributed by atoms with Gasteiger partial charge in [-0.1, -0.05) is 55.8 Å². The lowest BCUT2D eigenvalue weighted by Gasteiger charge is -2.07. The van der Waals surface area contributed by atoms with Crippen molar-refractivity contribution in [1.29, 1.82) is 0 Å². The first-order valence-corrected chi connectivity index (χ1v) is 8.69. The van der Waals surface area contributed by atoms with Gasteiger partial charge in [-0.25, -0.2) is 4.98 Å². The lowest BCUT2D eigenvalue weighted by Crippen LogP contribution is -2.07. The van der Waals surface area contributed by atoms with E-state index in [0.717, 1.165) is 11.8 Å². The molecular weight excluding hydrogens is 363 g/mol. The average Bonchev–Trinajstić information content (AvgIpc) is 3.07. The summed E-state index contributed by atoms with van der Waals surface area (Å²) in [6.07, 6.45) is -2.79. The molecular formula is C20H19ClF3NO. The first-order valence-electron chi connectivity index (χ1n) is 8.31. The zero-order valence-corrected chi connectivity index (χ0v) is 15.2. The minimum atomic E-state index is -4.49. The number of ether oxygens (including phenoxy) is 1. The van der Waals surface area contributed by atoms with Crippen molar-refractivity contribution in [2.24, 2.45) is 17.3 Å². The van der Waals surface area contributed by atoms with Crippen LogP contribution < -0.4 is 4.74 Å². The van der Waals surface area contributed by atoms with Gasteiger partial charge in [0.15, 0.2) is 0 Å². The van der Waals surface area contributed by atoms with Gasteiger partial charge in [0, 0.05) is 11.8 Å². The molecule has 0 aliphatic heterocycles. The van der Waals surface area contributed by atoms with Gasteiger partial charge in [0.2, 0.25) is 5.88 Å². The van der Waals surface area contributed by atoms with E-state index in [9.17, 15) is 13.2 Å². The summed E-state index contributed by atoms with van der Waals surface area (Å²) >= 11 is 5.40. The van der Waals surface area contributed by atoms with Crippen LogP contribution in [0.3, 0.4) is 0 Å². The molecule has 1 heterocycles. The maximum Gasteiger partial charge on any atom is 0.426 e. The number of benzene rings is 1. The predicted molar refractivity (Wildman–Crippen MR) is 95.2 cm³/mol. The van der Waals surface area contributed by atoms with Crippen LogP contribution >= 0.6 is 11.6 Å². The molecule has 26 heavy (non-hydrogen) atoms. The maximum atomic E-state index is 12.7. The predicted octanol–water partition coefficient (Wildman–Crippen LogP) is 6.37. The summed E-state index contributed by atoms with van der Waals surface area (Å²) in [7, 11) is 0. The summed E-state index contributed by atoms with van der Waals surface area (Å²) in [5, 5.41) is -1.05. The highest BCUT2D eigenvalue weighted by atomic mass is 35.5. The Balaban J connectivity index is 1.70. The highest BCUT2D eigenvalue weighted by Crippen LogP contribution is 2.61. The number of hydrogen-bond donors (Lipinski definition) is 0. The number of halogens is 4. The van der Waals surface area contributed by atoms with E-state index in [-0.39, 0.29) is 17.3 Å². The number of allylic oxidation sites excluding steroid dienone is 2. The van der Waals surface area contributed by atoms with E-state index in [1.54, 1.807) is 6.07 Å². The quantitative estimate of drug-likeness (QED) is 0.600. The Labute approximate surface area is 155 Å². The topological polar surface area (TPSA) is 22.1 Å². The molecule has 0 radical (unpaired) electrons. The third kappa shape index (κ3) is 4.21. The van der Waals surface area contributed by atoms with Crippen molar-refractivity contribution in [1.82, 2.24) is 4.98 Å². The zero-order chi connectivity index (χ0) is 18.9. The Hall–Kier alpha value is -2.01. The molecule has 1 aliphatic carbocycles. The average molecular weight is 382 g/mol. The van der Waals surface area contributed by atoms with Crippen LogP contribution in [0.25, 0.3) is 0 Å². The van der Waals surface area contributed by atoms with Crippen LogP contribution in [0.1, 0.15) is 19.5 Å². The molecule has 3 rings (SSSR count). The summed E-state index contributed by atoms with van der Waals surface area (Å²) < 4.78 is 43.7. The summed E-state index contributed by atoms with van der Waals surface area (Å²) in [6.45, 7) is 3.90. The molecule has 0 saturated heterocycles. The van der Waals surface area contributed by atoms with Gasteiger partial charge in [-0.2, -0.15) is 13.2 Å². The first-order chi connectivity index (χ1) is 12.2. The number of nitrogens with zero attached hydrogens (tertiary/aromatic N) is 1. The minimum Gasteiger partial charge on any atom is -0.439 e. The van der Waals surface area contributed by atoms with Crippen LogP contribution in [-0.2, 0) is 6.42 Å².